The zero-order chi connectivity index (χ0) is 26.6. The molecule has 2 amide bonds. The lowest BCUT2D eigenvalue weighted by Crippen LogP contribution is -2.33. The minimum atomic E-state index is -1.05. The van der Waals surface area contributed by atoms with Gasteiger partial charge in [-0.25, -0.2) is 9.79 Å². The number of carbonyl (C=O) groups excluding carboxylic acids is 2. The number of nitrogens with one attached hydrogen (secondary N) is 1. The number of nitrogens with zero attached hydrogens (tertiary/aromatic N) is 2. The number of amides is 2. The molecule has 1 saturated heterocycles. The van der Waals surface area contributed by atoms with Gasteiger partial charge in [0.2, 0.25) is 18.6 Å². The molecule has 194 valence electrons. The molecule has 5 rings (SSSR count). The minimum absolute atomic E-state index is 0.0799. The summed E-state index contributed by atoms with van der Waals surface area (Å²) < 4.78 is 16.1. The van der Waals surface area contributed by atoms with Crippen LogP contribution in [0.3, 0.4) is 0 Å². The number of aromatic carboxylic acids is 1. The van der Waals surface area contributed by atoms with Crippen LogP contribution in [0.4, 0.5) is 11.4 Å². The molecule has 1 fully saturated rings. The van der Waals surface area contributed by atoms with Crippen LogP contribution < -0.4 is 19.5 Å². The number of hydrogen-bond donors (Lipinski definition) is 2. The van der Waals surface area contributed by atoms with Crippen LogP contribution in [-0.4, -0.2) is 52.1 Å². The van der Waals surface area contributed by atoms with Gasteiger partial charge in [-0.15, -0.1) is 0 Å². The van der Waals surface area contributed by atoms with Crippen molar-refractivity contribution in [3.63, 3.8) is 0 Å². The lowest BCUT2D eigenvalue weighted by Gasteiger charge is -2.17. The highest BCUT2D eigenvalue weighted by Gasteiger charge is 2.39. The second-order valence-corrected chi connectivity index (χ2v) is 9.62. The van der Waals surface area contributed by atoms with E-state index in [-0.39, 0.29) is 37.1 Å². The number of fused-ring (bicyclic) bond motifs is 1. The Morgan fingerprint density at radius 2 is 1.82 bits per heavy atom. The van der Waals surface area contributed by atoms with Gasteiger partial charge < -0.3 is 24.6 Å². The zero-order valence-corrected chi connectivity index (χ0v) is 21.1. The molecular formula is C27H23N3O7S. The zero-order valence-electron chi connectivity index (χ0n) is 20.2. The molecule has 1 unspecified atom stereocenters. The van der Waals surface area contributed by atoms with Crippen LogP contribution in [-0.2, 0) is 16.1 Å². The maximum Gasteiger partial charge on any atom is 0.335 e. The Hall–Kier alpha value is -4.51. The number of rotatable bonds is 8. The average Bonchev–Trinajstić information content (AvgIpc) is 3.49. The summed E-state index contributed by atoms with van der Waals surface area (Å²) in [4.78, 5) is 43.5. The number of carboxylic acid groups (broad SMARTS) is 1. The van der Waals surface area contributed by atoms with E-state index in [0.29, 0.717) is 33.8 Å². The SMILES string of the molecule is COc1ccc(N=C2SC(CC(=O)Nc3ccc(C(=O)O)cc3)C(=O)N2Cc2ccc3c(c2)OCO3)cc1. The molecule has 2 N–H and O–H groups in total. The van der Waals surface area contributed by atoms with Gasteiger partial charge in [0.25, 0.3) is 0 Å². The molecule has 0 aliphatic carbocycles. The minimum Gasteiger partial charge on any atom is -0.497 e. The van der Waals surface area contributed by atoms with E-state index < -0.39 is 11.2 Å². The fourth-order valence-electron chi connectivity index (χ4n) is 3.94. The average molecular weight is 534 g/mol. The number of anilines is 1. The van der Waals surface area contributed by atoms with E-state index in [1.165, 1.54) is 36.0 Å². The third-order valence-electron chi connectivity index (χ3n) is 5.88. The normalized spacial score (nSPS) is 17.1. The smallest absolute Gasteiger partial charge is 0.335 e. The summed E-state index contributed by atoms with van der Waals surface area (Å²) in [6.07, 6.45) is -0.0799. The number of ether oxygens (including phenoxy) is 3. The van der Waals surface area contributed by atoms with E-state index >= 15 is 0 Å². The van der Waals surface area contributed by atoms with Crippen molar-refractivity contribution in [2.24, 2.45) is 4.99 Å². The fraction of sp³-hybridized carbons (Fsp3) is 0.185. The first-order valence-corrected chi connectivity index (χ1v) is 12.5. The fourth-order valence-corrected chi connectivity index (χ4v) is 5.09. The summed E-state index contributed by atoms with van der Waals surface area (Å²) in [5.74, 6) is 0.285. The largest absolute Gasteiger partial charge is 0.497 e. The molecule has 11 heteroatoms. The van der Waals surface area contributed by atoms with Crippen LogP contribution in [0.2, 0.25) is 0 Å². The number of thioether (sulfide) groups is 1. The maximum absolute atomic E-state index is 13.5. The molecule has 0 saturated carbocycles. The molecule has 0 bridgehead atoms. The van der Waals surface area contributed by atoms with Gasteiger partial charge in [0.1, 0.15) is 11.0 Å². The van der Waals surface area contributed by atoms with Crippen molar-refractivity contribution < 1.29 is 33.7 Å². The molecule has 2 aliphatic heterocycles. The van der Waals surface area contributed by atoms with Gasteiger partial charge in [0, 0.05) is 12.1 Å². The van der Waals surface area contributed by atoms with Crippen LogP contribution in [0.1, 0.15) is 22.3 Å². The van der Waals surface area contributed by atoms with E-state index in [4.69, 9.17) is 19.3 Å². The number of hydrogen-bond acceptors (Lipinski definition) is 8. The number of carbonyl (C=O) groups is 3. The molecule has 3 aromatic rings. The number of methoxy groups -OCH3 is 1. The van der Waals surface area contributed by atoms with Crippen LogP contribution >= 0.6 is 11.8 Å². The predicted molar refractivity (Wildman–Crippen MR) is 141 cm³/mol. The van der Waals surface area contributed by atoms with Crippen LogP contribution in [0.15, 0.2) is 71.7 Å². The molecule has 2 heterocycles. The second kappa shape index (κ2) is 10.9. The van der Waals surface area contributed by atoms with Gasteiger partial charge in [0.15, 0.2) is 16.7 Å². The van der Waals surface area contributed by atoms with Crippen LogP contribution in [0, 0.1) is 0 Å². The van der Waals surface area contributed by atoms with E-state index in [1.807, 2.05) is 12.1 Å². The Labute approximate surface area is 222 Å². The topological polar surface area (TPSA) is 127 Å². The molecule has 0 spiro atoms. The van der Waals surface area contributed by atoms with Gasteiger partial charge in [-0.2, -0.15) is 0 Å². The highest BCUT2D eigenvalue weighted by molar-refractivity contribution is 8.15. The Morgan fingerprint density at radius 1 is 1.08 bits per heavy atom. The highest BCUT2D eigenvalue weighted by atomic mass is 32.2. The summed E-state index contributed by atoms with van der Waals surface area (Å²) >= 11 is 1.22. The summed E-state index contributed by atoms with van der Waals surface area (Å²) in [5, 5.41) is 11.6. The van der Waals surface area contributed by atoms with E-state index in [0.717, 1.165) is 5.56 Å². The van der Waals surface area contributed by atoms with E-state index in [2.05, 4.69) is 10.3 Å². The van der Waals surface area contributed by atoms with Gasteiger partial charge in [-0.1, -0.05) is 17.8 Å². The lowest BCUT2D eigenvalue weighted by atomic mass is 10.1. The van der Waals surface area contributed by atoms with Crippen molar-refractivity contribution in [2.45, 2.75) is 18.2 Å². The van der Waals surface area contributed by atoms with Crippen molar-refractivity contribution in [3.8, 4) is 17.2 Å². The van der Waals surface area contributed by atoms with Crippen molar-refractivity contribution in [3.05, 3.63) is 77.9 Å². The summed E-state index contributed by atoms with van der Waals surface area (Å²) in [6.45, 7) is 0.393. The molecule has 0 radical (unpaired) electrons. The lowest BCUT2D eigenvalue weighted by molar-refractivity contribution is -0.128. The van der Waals surface area contributed by atoms with Crippen molar-refractivity contribution in [1.82, 2.24) is 4.90 Å². The van der Waals surface area contributed by atoms with Gasteiger partial charge in [-0.3, -0.25) is 14.5 Å². The first kappa shape index (κ1) is 25.2. The first-order chi connectivity index (χ1) is 18.4. The van der Waals surface area contributed by atoms with Crippen molar-refractivity contribution in [2.75, 3.05) is 19.2 Å². The van der Waals surface area contributed by atoms with Gasteiger partial charge in [-0.05, 0) is 66.2 Å². The number of aliphatic imine (C=N–C) groups is 1. The summed E-state index contributed by atoms with van der Waals surface area (Å²) in [7, 11) is 1.58. The molecular weight excluding hydrogens is 510 g/mol. The van der Waals surface area contributed by atoms with Crippen molar-refractivity contribution >= 4 is 46.1 Å². The molecule has 0 aromatic heterocycles. The van der Waals surface area contributed by atoms with Gasteiger partial charge in [0.05, 0.1) is 24.9 Å². The Bertz CT molecular complexity index is 1410. The van der Waals surface area contributed by atoms with E-state index in [9.17, 15) is 14.4 Å². The monoisotopic (exact) mass is 533 g/mol. The quantitative estimate of drug-likeness (QED) is 0.439. The molecule has 3 aromatic carbocycles. The molecule has 10 nitrogen and oxygen atoms in total. The van der Waals surface area contributed by atoms with Crippen LogP contribution in [0.5, 0.6) is 17.2 Å². The summed E-state index contributed by atoms with van der Waals surface area (Å²) in [6, 6.07) is 18.4. The van der Waals surface area contributed by atoms with Crippen molar-refractivity contribution in [1.29, 1.82) is 0 Å². The highest BCUT2D eigenvalue weighted by Crippen LogP contribution is 2.36. The predicted octanol–water partition coefficient (Wildman–Crippen LogP) is 4.28. The molecule has 1 atom stereocenters. The Morgan fingerprint density at radius 3 is 2.53 bits per heavy atom. The Kier molecular flexibility index (Phi) is 7.18. The summed E-state index contributed by atoms with van der Waals surface area (Å²) in [5.41, 5.74) is 2.03. The standard InChI is InChI=1S/C27H23N3O7S/c1-35-20-9-7-19(8-10-20)29-27-30(14-16-2-11-21-22(12-16)37-15-36-21)25(32)23(38-27)13-24(31)28-18-5-3-17(4-6-18)26(33)34/h2-12,23H,13-15H2,1H3,(H,28,31)(H,33,34). The third-order valence-corrected chi connectivity index (χ3v) is 7.06. The first-order valence-electron chi connectivity index (χ1n) is 11.6. The van der Waals surface area contributed by atoms with Gasteiger partial charge >= 0.3 is 5.97 Å². The second-order valence-electron chi connectivity index (χ2n) is 8.45. The maximum atomic E-state index is 13.5. The third kappa shape index (κ3) is 5.57. The van der Waals surface area contributed by atoms with Crippen LogP contribution in [0.25, 0.3) is 0 Å². The number of benzene rings is 3. The molecule has 38 heavy (non-hydrogen) atoms. The van der Waals surface area contributed by atoms with E-state index in [1.54, 1.807) is 42.3 Å². The molecule has 2 aliphatic rings. The number of carboxylic acids is 1. The number of amidine groups is 1. The Balaban J connectivity index is 1.34.